The van der Waals surface area contributed by atoms with Crippen molar-refractivity contribution in [3.8, 4) is 0 Å². The Kier molecular flexibility index (Phi) is 3.66. The molecule has 0 aromatic rings. The fraction of sp³-hybridized carbons (Fsp3) is 0.692. The van der Waals surface area contributed by atoms with E-state index in [0.717, 1.165) is 25.7 Å². The first-order valence-electron chi connectivity index (χ1n) is 6.46. The number of halogens is 1. The van der Waals surface area contributed by atoms with Crippen molar-refractivity contribution in [1.82, 2.24) is 10.2 Å². The van der Waals surface area contributed by atoms with Gasteiger partial charge in [0.2, 0.25) is 11.8 Å². The van der Waals surface area contributed by atoms with E-state index >= 15 is 0 Å². The van der Waals surface area contributed by atoms with Gasteiger partial charge in [0.05, 0.1) is 6.54 Å². The Labute approximate surface area is 112 Å². The van der Waals surface area contributed by atoms with Gasteiger partial charge in [-0.25, -0.2) is 0 Å². The summed E-state index contributed by atoms with van der Waals surface area (Å²) in [4.78, 5) is 26.4. The van der Waals surface area contributed by atoms with E-state index in [-0.39, 0.29) is 18.4 Å². The largest absolute Gasteiger partial charge is 0.340 e. The average molecular weight is 271 g/mol. The number of carbonyl (C=O) groups is 2. The molecule has 1 saturated carbocycles. The highest BCUT2D eigenvalue weighted by Gasteiger charge is 2.51. The molecule has 18 heavy (non-hydrogen) atoms. The molecule has 1 heterocycles. The second-order valence-electron chi connectivity index (χ2n) is 5.15. The van der Waals surface area contributed by atoms with Gasteiger partial charge in [0.1, 0.15) is 11.6 Å². The van der Waals surface area contributed by atoms with E-state index in [0.29, 0.717) is 11.5 Å². The van der Waals surface area contributed by atoms with Gasteiger partial charge in [-0.05, 0) is 19.3 Å². The first kappa shape index (κ1) is 13.4. The van der Waals surface area contributed by atoms with E-state index in [9.17, 15) is 9.59 Å². The van der Waals surface area contributed by atoms with E-state index in [1.54, 1.807) is 4.90 Å². The van der Waals surface area contributed by atoms with Crippen LogP contribution in [-0.2, 0) is 9.59 Å². The minimum atomic E-state index is -0.672. The normalized spacial score (nSPS) is 26.6. The molecule has 0 aromatic heterocycles. The average Bonchev–Trinajstić information content (AvgIpc) is 2.75. The molecular weight excluding hydrogens is 252 g/mol. The number of rotatable bonds is 3. The van der Waals surface area contributed by atoms with Crippen LogP contribution in [0.25, 0.3) is 0 Å². The van der Waals surface area contributed by atoms with Crippen molar-refractivity contribution in [2.45, 2.75) is 50.6 Å². The molecule has 100 valence electrons. The summed E-state index contributed by atoms with van der Waals surface area (Å²) in [5.74, 6) is -0.0508. The van der Waals surface area contributed by atoms with Gasteiger partial charge < -0.3 is 10.2 Å². The molecule has 2 rings (SSSR count). The summed E-state index contributed by atoms with van der Waals surface area (Å²) in [6.45, 7) is 5.79. The topological polar surface area (TPSA) is 49.4 Å². The molecule has 1 N–H and O–H groups in total. The van der Waals surface area contributed by atoms with E-state index in [2.05, 4.69) is 11.9 Å². The van der Waals surface area contributed by atoms with Gasteiger partial charge in [0.25, 0.3) is 0 Å². The van der Waals surface area contributed by atoms with Crippen molar-refractivity contribution >= 4 is 23.4 Å². The van der Waals surface area contributed by atoms with E-state index in [4.69, 9.17) is 11.6 Å². The number of nitrogens with zero attached hydrogens (tertiary/aromatic N) is 1. The minimum absolute atomic E-state index is 0.00764. The van der Waals surface area contributed by atoms with Crippen LogP contribution in [0.4, 0.5) is 0 Å². The van der Waals surface area contributed by atoms with Crippen LogP contribution >= 0.6 is 11.6 Å². The number of hydrogen-bond donors (Lipinski definition) is 1. The van der Waals surface area contributed by atoms with Crippen LogP contribution in [0.2, 0.25) is 0 Å². The Hall–Kier alpha value is -1.03. The molecule has 1 unspecified atom stereocenters. The summed E-state index contributed by atoms with van der Waals surface area (Å²) < 4.78 is 0. The standard InChI is InChI=1S/C13H19ClN2O2/c1-3-10-11(17)15-13(6-4-5-7-13)12(18)16(10)8-9(2)14/h10H,2-8H2,1H3,(H,15,17). The molecule has 2 fully saturated rings. The van der Waals surface area contributed by atoms with Gasteiger partial charge in [0, 0.05) is 5.03 Å². The van der Waals surface area contributed by atoms with E-state index < -0.39 is 11.6 Å². The SMILES string of the molecule is C=C(Cl)CN1C(=O)C2(CCCC2)NC(=O)C1CC. The predicted molar refractivity (Wildman–Crippen MR) is 70.1 cm³/mol. The molecule has 4 nitrogen and oxygen atoms in total. The third kappa shape index (κ3) is 2.14. The van der Waals surface area contributed by atoms with Crippen molar-refractivity contribution in [1.29, 1.82) is 0 Å². The van der Waals surface area contributed by atoms with Crippen LogP contribution in [0.5, 0.6) is 0 Å². The van der Waals surface area contributed by atoms with Crippen molar-refractivity contribution in [2.75, 3.05) is 6.54 Å². The Morgan fingerprint density at radius 1 is 1.50 bits per heavy atom. The quantitative estimate of drug-likeness (QED) is 0.850. The highest BCUT2D eigenvalue weighted by Crippen LogP contribution is 2.35. The first-order chi connectivity index (χ1) is 8.50. The maximum Gasteiger partial charge on any atom is 0.249 e. The van der Waals surface area contributed by atoms with Crippen LogP contribution in [0, 0.1) is 0 Å². The Balaban J connectivity index is 2.29. The Bertz CT molecular complexity index is 388. The zero-order valence-corrected chi connectivity index (χ0v) is 11.4. The summed E-state index contributed by atoms with van der Waals surface area (Å²) in [5, 5.41) is 3.34. The number of carbonyl (C=O) groups excluding carboxylic acids is 2. The van der Waals surface area contributed by atoms with Crippen LogP contribution in [0.15, 0.2) is 11.6 Å². The summed E-state index contributed by atoms with van der Waals surface area (Å²) in [7, 11) is 0. The van der Waals surface area contributed by atoms with Crippen LogP contribution in [0.3, 0.4) is 0 Å². The highest BCUT2D eigenvalue weighted by atomic mass is 35.5. The lowest BCUT2D eigenvalue weighted by atomic mass is 9.90. The van der Waals surface area contributed by atoms with Gasteiger partial charge >= 0.3 is 0 Å². The van der Waals surface area contributed by atoms with Crippen molar-refractivity contribution in [3.63, 3.8) is 0 Å². The lowest BCUT2D eigenvalue weighted by molar-refractivity contribution is -0.154. The van der Waals surface area contributed by atoms with Crippen LogP contribution < -0.4 is 5.32 Å². The molecular formula is C13H19ClN2O2. The lowest BCUT2D eigenvalue weighted by Gasteiger charge is -2.44. The maximum atomic E-state index is 12.6. The second-order valence-corrected chi connectivity index (χ2v) is 5.69. The zero-order valence-electron chi connectivity index (χ0n) is 10.7. The predicted octanol–water partition coefficient (Wildman–Crippen LogP) is 1.79. The van der Waals surface area contributed by atoms with Crippen molar-refractivity contribution in [2.24, 2.45) is 0 Å². The Morgan fingerprint density at radius 2 is 2.11 bits per heavy atom. The molecule has 1 aliphatic carbocycles. The first-order valence-corrected chi connectivity index (χ1v) is 6.84. The third-order valence-corrected chi connectivity index (χ3v) is 4.02. The van der Waals surface area contributed by atoms with Gasteiger partial charge in [-0.3, -0.25) is 9.59 Å². The van der Waals surface area contributed by atoms with E-state index in [1.165, 1.54) is 0 Å². The maximum absolute atomic E-state index is 12.6. The van der Waals surface area contributed by atoms with Crippen molar-refractivity contribution in [3.05, 3.63) is 11.6 Å². The molecule has 0 radical (unpaired) electrons. The molecule has 0 aromatic carbocycles. The van der Waals surface area contributed by atoms with Crippen LogP contribution in [0.1, 0.15) is 39.0 Å². The third-order valence-electron chi connectivity index (χ3n) is 3.90. The van der Waals surface area contributed by atoms with Gasteiger partial charge in [-0.2, -0.15) is 0 Å². The Morgan fingerprint density at radius 3 is 2.61 bits per heavy atom. The fourth-order valence-electron chi connectivity index (χ4n) is 3.02. The van der Waals surface area contributed by atoms with Gasteiger partial charge in [-0.1, -0.05) is 37.9 Å². The van der Waals surface area contributed by atoms with Gasteiger partial charge in [0.15, 0.2) is 0 Å². The number of hydrogen-bond acceptors (Lipinski definition) is 2. The number of piperazine rings is 1. The molecule has 1 aliphatic heterocycles. The summed E-state index contributed by atoms with van der Waals surface area (Å²) >= 11 is 5.82. The number of amides is 2. The smallest absolute Gasteiger partial charge is 0.249 e. The number of nitrogens with one attached hydrogen (secondary N) is 1. The van der Waals surface area contributed by atoms with E-state index in [1.807, 2.05) is 6.92 Å². The molecule has 2 aliphatic rings. The summed E-state index contributed by atoms with van der Waals surface area (Å²) in [6.07, 6.45) is 4.04. The lowest BCUT2D eigenvalue weighted by Crippen LogP contribution is -2.69. The molecule has 1 atom stereocenters. The zero-order chi connectivity index (χ0) is 13.3. The molecule has 5 heteroatoms. The van der Waals surface area contributed by atoms with Crippen LogP contribution in [-0.4, -0.2) is 34.8 Å². The van der Waals surface area contributed by atoms with Gasteiger partial charge in [-0.15, -0.1) is 0 Å². The highest BCUT2D eigenvalue weighted by molar-refractivity contribution is 6.29. The second kappa shape index (κ2) is 4.92. The molecule has 1 spiro atoms. The molecule has 0 bridgehead atoms. The molecule has 2 amide bonds. The monoisotopic (exact) mass is 270 g/mol. The van der Waals surface area contributed by atoms with Crippen molar-refractivity contribution < 1.29 is 9.59 Å². The summed E-state index contributed by atoms with van der Waals surface area (Å²) in [5.41, 5.74) is -0.672. The fourth-order valence-corrected chi connectivity index (χ4v) is 3.15. The minimum Gasteiger partial charge on any atom is -0.340 e. The summed E-state index contributed by atoms with van der Waals surface area (Å²) in [6, 6.07) is -0.417. The molecule has 1 saturated heterocycles.